The molecule has 0 aromatic rings. The molecule has 72 valence electrons. The van der Waals surface area contributed by atoms with Crippen LogP contribution < -0.4 is 0 Å². The van der Waals surface area contributed by atoms with E-state index in [1.165, 1.54) is 32.1 Å². The van der Waals surface area contributed by atoms with Gasteiger partial charge in [-0.05, 0) is 26.7 Å². The molecule has 12 heavy (non-hydrogen) atoms. The first kappa shape index (κ1) is 10.8. The van der Waals surface area contributed by atoms with Crippen molar-refractivity contribution in [3.05, 3.63) is 0 Å². The van der Waals surface area contributed by atoms with Gasteiger partial charge < -0.3 is 4.74 Å². The average molecular weight is 282 g/mol. The lowest BCUT2D eigenvalue weighted by atomic mass is 10.1. The first-order valence-corrected chi connectivity index (χ1v) is 6.24. The summed E-state index contributed by atoms with van der Waals surface area (Å²) >= 11 is 2.55. The molecule has 1 saturated carbocycles. The summed E-state index contributed by atoms with van der Waals surface area (Å²) in [4.78, 5) is 0. The van der Waals surface area contributed by atoms with Crippen LogP contribution in [-0.4, -0.2) is 16.1 Å². The van der Waals surface area contributed by atoms with E-state index in [1.54, 1.807) is 0 Å². The molecule has 0 aromatic carbocycles. The van der Waals surface area contributed by atoms with E-state index in [4.69, 9.17) is 4.74 Å². The fraction of sp³-hybridized carbons (Fsp3) is 1.00. The maximum atomic E-state index is 5.88. The van der Waals surface area contributed by atoms with E-state index in [0.717, 1.165) is 3.92 Å². The Morgan fingerprint density at radius 2 is 1.83 bits per heavy atom. The van der Waals surface area contributed by atoms with Gasteiger partial charge in [0.15, 0.2) is 0 Å². The van der Waals surface area contributed by atoms with E-state index >= 15 is 0 Å². The quantitative estimate of drug-likeness (QED) is 0.427. The lowest BCUT2D eigenvalue weighted by Gasteiger charge is -2.22. The molecular formula is C10H19IO. The molecule has 2 heteroatoms. The highest BCUT2D eigenvalue weighted by molar-refractivity contribution is 14.1. The molecule has 1 aliphatic rings. The SMILES string of the molecule is CC(C)OC1CCCCCC1I. The van der Waals surface area contributed by atoms with Gasteiger partial charge in [-0.15, -0.1) is 0 Å². The number of hydrogen-bond acceptors (Lipinski definition) is 1. The van der Waals surface area contributed by atoms with Crippen LogP contribution in [0, 0.1) is 0 Å². The Balaban J connectivity index is 2.36. The van der Waals surface area contributed by atoms with Crippen LogP contribution in [0.4, 0.5) is 0 Å². The molecule has 0 N–H and O–H groups in total. The van der Waals surface area contributed by atoms with Crippen molar-refractivity contribution in [1.82, 2.24) is 0 Å². The van der Waals surface area contributed by atoms with E-state index in [0.29, 0.717) is 12.2 Å². The molecule has 2 unspecified atom stereocenters. The van der Waals surface area contributed by atoms with Gasteiger partial charge in [-0.3, -0.25) is 0 Å². The van der Waals surface area contributed by atoms with Gasteiger partial charge in [-0.25, -0.2) is 0 Å². The number of halogens is 1. The molecular weight excluding hydrogens is 263 g/mol. The third-order valence-corrected chi connectivity index (χ3v) is 3.74. The zero-order chi connectivity index (χ0) is 8.97. The van der Waals surface area contributed by atoms with Crippen molar-refractivity contribution >= 4 is 22.6 Å². The highest BCUT2D eigenvalue weighted by Gasteiger charge is 2.22. The average Bonchev–Trinajstić information content (AvgIpc) is 2.16. The molecule has 1 rings (SSSR count). The first-order chi connectivity index (χ1) is 5.70. The van der Waals surface area contributed by atoms with Crippen LogP contribution in [0.1, 0.15) is 46.0 Å². The van der Waals surface area contributed by atoms with Gasteiger partial charge in [0.1, 0.15) is 0 Å². The highest BCUT2D eigenvalue weighted by Crippen LogP contribution is 2.26. The van der Waals surface area contributed by atoms with Crippen molar-refractivity contribution < 1.29 is 4.74 Å². The summed E-state index contributed by atoms with van der Waals surface area (Å²) in [7, 11) is 0. The van der Waals surface area contributed by atoms with Gasteiger partial charge >= 0.3 is 0 Å². The predicted octanol–water partition coefficient (Wildman–Crippen LogP) is 3.55. The maximum absolute atomic E-state index is 5.88. The minimum Gasteiger partial charge on any atom is -0.374 e. The molecule has 1 fully saturated rings. The van der Waals surface area contributed by atoms with Gasteiger partial charge in [0.05, 0.1) is 12.2 Å². The Bertz CT molecular complexity index is 125. The Hall–Kier alpha value is 0.690. The predicted molar refractivity (Wildman–Crippen MR) is 60.9 cm³/mol. The van der Waals surface area contributed by atoms with E-state index in [9.17, 15) is 0 Å². The Morgan fingerprint density at radius 1 is 1.17 bits per heavy atom. The van der Waals surface area contributed by atoms with Crippen molar-refractivity contribution in [3.8, 4) is 0 Å². The van der Waals surface area contributed by atoms with E-state index in [2.05, 4.69) is 36.4 Å². The topological polar surface area (TPSA) is 9.23 Å². The van der Waals surface area contributed by atoms with Crippen molar-refractivity contribution in [3.63, 3.8) is 0 Å². The van der Waals surface area contributed by atoms with Crippen LogP contribution >= 0.6 is 22.6 Å². The molecule has 0 heterocycles. The minimum atomic E-state index is 0.394. The summed E-state index contributed by atoms with van der Waals surface area (Å²) in [5.41, 5.74) is 0. The summed E-state index contributed by atoms with van der Waals surface area (Å²) in [6.45, 7) is 4.27. The molecule has 2 atom stereocenters. The Labute approximate surface area is 89.4 Å². The van der Waals surface area contributed by atoms with Crippen molar-refractivity contribution in [2.24, 2.45) is 0 Å². The van der Waals surface area contributed by atoms with E-state index in [-0.39, 0.29) is 0 Å². The standard InChI is InChI=1S/C10H19IO/c1-8(2)12-10-7-5-3-4-6-9(10)11/h8-10H,3-7H2,1-2H3. The number of hydrogen-bond donors (Lipinski definition) is 0. The van der Waals surface area contributed by atoms with Crippen molar-refractivity contribution in [1.29, 1.82) is 0 Å². The Kier molecular flexibility index (Phi) is 4.87. The second kappa shape index (κ2) is 5.43. The number of ether oxygens (including phenoxy) is 1. The molecule has 0 spiro atoms. The van der Waals surface area contributed by atoms with Crippen molar-refractivity contribution in [2.75, 3.05) is 0 Å². The molecule has 0 saturated heterocycles. The Morgan fingerprint density at radius 3 is 2.50 bits per heavy atom. The number of rotatable bonds is 2. The zero-order valence-corrected chi connectivity index (χ0v) is 10.2. The fourth-order valence-electron chi connectivity index (χ4n) is 1.73. The summed E-state index contributed by atoms with van der Waals surface area (Å²) in [6, 6.07) is 0. The fourth-order valence-corrected chi connectivity index (χ4v) is 2.70. The van der Waals surface area contributed by atoms with Crippen LogP contribution in [-0.2, 0) is 4.74 Å². The lowest BCUT2D eigenvalue weighted by Crippen LogP contribution is -2.25. The van der Waals surface area contributed by atoms with Crippen LogP contribution in [0.3, 0.4) is 0 Å². The third-order valence-electron chi connectivity index (χ3n) is 2.32. The molecule has 1 nitrogen and oxygen atoms in total. The van der Waals surface area contributed by atoms with Gasteiger partial charge in [-0.2, -0.15) is 0 Å². The maximum Gasteiger partial charge on any atom is 0.0696 e. The lowest BCUT2D eigenvalue weighted by molar-refractivity contribution is 0.00596. The van der Waals surface area contributed by atoms with Crippen LogP contribution in [0.2, 0.25) is 0 Å². The molecule has 0 aliphatic heterocycles. The highest BCUT2D eigenvalue weighted by atomic mass is 127. The third kappa shape index (κ3) is 3.60. The second-order valence-electron chi connectivity index (χ2n) is 3.88. The van der Waals surface area contributed by atoms with E-state index in [1.807, 2.05) is 0 Å². The van der Waals surface area contributed by atoms with Gasteiger partial charge in [-0.1, -0.05) is 41.9 Å². The van der Waals surface area contributed by atoms with Gasteiger partial charge in [0.2, 0.25) is 0 Å². The summed E-state index contributed by atoms with van der Waals surface area (Å²) < 4.78 is 6.62. The van der Waals surface area contributed by atoms with Crippen LogP contribution in [0.25, 0.3) is 0 Å². The summed E-state index contributed by atoms with van der Waals surface area (Å²) in [5.74, 6) is 0. The normalized spacial score (nSPS) is 32.0. The molecule has 0 amide bonds. The smallest absolute Gasteiger partial charge is 0.0696 e. The molecule has 0 radical (unpaired) electrons. The van der Waals surface area contributed by atoms with E-state index < -0.39 is 0 Å². The van der Waals surface area contributed by atoms with Crippen molar-refractivity contribution in [2.45, 2.75) is 62.1 Å². The summed E-state index contributed by atoms with van der Waals surface area (Å²) in [5, 5.41) is 0. The molecule has 0 aromatic heterocycles. The zero-order valence-electron chi connectivity index (χ0n) is 8.05. The minimum absolute atomic E-state index is 0.394. The molecule has 1 aliphatic carbocycles. The van der Waals surface area contributed by atoms with Crippen LogP contribution in [0.5, 0.6) is 0 Å². The number of alkyl halides is 1. The first-order valence-electron chi connectivity index (χ1n) is 4.99. The largest absolute Gasteiger partial charge is 0.374 e. The summed E-state index contributed by atoms with van der Waals surface area (Å²) in [6.07, 6.45) is 7.68. The van der Waals surface area contributed by atoms with Gasteiger partial charge in [0, 0.05) is 3.92 Å². The monoisotopic (exact) mass is 282 g/mol. The van der Waals surface area contributed by atoms with Crippen LogP contribution in [0.15, 0.2) is 0 Å². The van der Waals surface area contributed by atoms with Gasteiger partial charge in [0.25, 0.3) is 0 Å². The molecule has 0 bridgehead atoms. The second-order valence-corrected chi connectivity index (χ2v) is 5.48.